The Morgan fingerprint density at radius 2 is 1.93 bits per heavy atom. The summed E-state index contributed by atoms with van der Waals surface area (Å²) in [5.74, 6) is 0.00777. The van der Waals surface area contributed by atoms with Gasteiger partial charge in [-0.15, -0.1) is 20.4 Å². The van der Waals surface area contributed by atoms with E-state index in [0.29, 0.717) is 15.9 Å². The predicted octanol–water partition coefficient (Wildman–Crippen LogP) is 3.24. The Morgan fingerprint density at radius 3 is 2.68 bits per heavy atom. The van der Waals surface area contributed by atoms with Gasteiger partial charge < -0.3 is 0 Å². The molecule has 3 aromatic heterocycles. The van der Waals surface area contributed by atoms with Gasteiger partial charge in [-0.3, -0.25) is 10.1 Å². The Bertz CT molecular complexity index is 1120. The number of carbonyl (C=O) groups is 1. The van der Waals surface area contributed by atoms with Crippen LogP contribution in [-0.4, -0.2) is 41.7 Å². The van der Waals surface area contributed by atoms with Crippen molar-refractivity contribution in [3.8, 4) is 11.3 Å². The van der Waals surface area contributed by atoms with Crippen molar-refractivity contribution in [1.82, 2.24) is 30.0 Å². The van der Waals surface area contributed by atoms with Crippen LogP contribution in [0.15, 0.2) is 41.6 Å². The molecule has 3 heterocycles. The lowest BCUT2D eigenvalue weighted by Crippen LogP contribution is -2.14. The van der Waals surface area contributed by atoms with Crippen LogP contribution in [0, 0.1) is 6.92 Å². The first-order chi connectivity index (χ1) is 13.6. The van der Waals surface area contributed by atoms with E-state index in [2.05, 4.69) is 30.8 Å². The molecule has 0 aliphatic rings. The molecule has 1 amide bonds. The third-order valence-corrected chi connectivity index (χ3v) is 5.83. The normalized spacial score (nSPS) is 11.1. The number of hydrogen-bond donors (Lipinski definition) is 1. The van der Waals surface area contributed by atoms with E-state index in [4.69, 9.17) is 0 Å². The summed E-state index contributed by atoms with van der Waals surface area (Å²) in [5.41, 5.74) is 3.66. The number of rotatable bonds is 6. The van der Waals surface area contributed by atoms with Crippen LogP contribution < -0.4 is 5.32 Å². The molecule has 0 aliphatic heterocycles. The quantitative estimate of drug-likeness (QED) is 0.486. The molecule has 0 atom stereocenters. The number of benzene rings is 1. The summed E-state index contributed by atoms with van der Waals surface area (Å²) in [6, 6.07) is 11.9. The van der Waals surface area contributed by atoms with Crippen molar-refractivity contribution in [2.24, 2.45) is 0 Å². The lowest BCUT2D eigenvalue weighted by Gasteiger charge is -2.04. The fourth-order valence-corrected chi connectivity index (χ4v) is 3.85. The predicted molar refractivity (Wildman–Crippen MR) is 110 cm³/mol. The van der Waals surface area contributed by atoms with Gasteiger partial charge in [0.25, 0.3) is 0 Å². The zero-order valence-corrected chi connectivity index (χ0v) is 16.9. The average Bonchev–Trinajstić information content (AvgIpc) is 3.33. The van der Waals surface area contributed by atoms with Gasteiger partial charge >= 0.3 is 0 Å². The average molecular weight is 412 g/mol. The minimum Gasteiger partial charge on any atom is -0.300 e. The van der Waals surface area contributed by atoms with Crippen molar-refractivity contribution in [2.75, 3.05) is 11.1 Å². The summed E-state index contributed by atoms with van der Waals surface area (Å²) in [7, 11) is 0. The highest BCUT2D eigenvalue weighted by Gasteiger charge is 2.13. The molecule has 0 aliphatic carbocycles. The van der Waals surface area contributed by atoms with Crippen LogP contribution in [0.2, 0.25) is 0 Å². The summed E-state index contributed by atoms with van der Waals surface area (Å²) < 4.78 is 1.66. The van der Waals surface area contributed by atoms with E-state index >= 15 is 0 Å². The number of carbonyl (C=O) groups excluding carboxylic acids is 1. The summed E-state index contributed by atoms with van der Waals surface area (Å²) >= 11 is 2.65. The lowest BCUT2D eigenvalue weighted by molar-refractivity contribution is -0.113. The Kier molecular flexibility index (Phi) is 5.31. The highest BCUT2D eigenvalue weighted by Crippen LogP contribution is 2.22. The molecule has 1 N–H and O–H groups in total. The zero-order valence-electron chi connectivity index (χ0n) is 15.3. The van der Waals surface area contributed by atoms with Crippen LogP contribution in [0.5, 0.6) is 0 Å². The summed E-state index contributed by atoms with van der Waals surface area (Å²) in [6.07, 6.45) is 0.795. The summed E-state index contributed by atoms with van der Waals surface area (Å²) in [5, 5.41) is 25.6. The Balaban J connectivity index is 1.48. The number of fused-ring (bicyclic) bond motifs is 1. The number of nitrogens with one attached hydrogen (secondary N) is 1. The van der Waals surface area contributed by atoms with E-state index in [-0.39, 0.29) is 11.7 Å². The molecule has 0 unspecified atom stereocenters. The van der Waals surface area contributed by atoms with Crippen LogP contribution >= 0.6 is 23.1 Å². The highest BCUT2D eigenvalue weighted by atomic mass is 32.2. The summed E-state index contributed by atoms with van der Waals surface area (Å²) in [6.45, 7) is 4.04. The van der Waals surface area contributed by atoms with Crippen molar-refractivity contribution in [1.29, 1.82) is 0 Å². The molecule has 28 heavy (non-hydrogen) atoms. The van der Waals surface area contributed by atoms with Crippen LogP contribution in [0.4, 0.5) is 5.13 Å². The first-order valence-corrected chi connectivity index (χ1v) is 10.5. The second kappa shape index (κ2) is 8.03. The molecule has 4 rings (SSSR count). The number of thioether (sulfide) groups is 1. The lowest BCUT2D eigenvalue weighted by atomic mass is 10.1. The number of anilines is 1. The molecule has 0 saturated carbocycles. The Morgan fingerprint density at radius 1 is 1.11 bits per heavy atom. The smallest absolute Gasteiger partial charge is 0.236 e. The van der Waals surface area contributed by atoms with Gasteiger partial charge in [0.2, 0.25) is 16.2 Å². The molecule has 0 spiro atoms. The van der Waals surface area contributed by atoms with Gasteiger partial charge in [0, 0.05) is 5.56 Å². The van der Waals surface area contributed by atoms with E-state index in [1.807, 2.05) is 50.2 Å². The molecular formula is C18H17N7OS2. The van der Waals surface area contributed by atoms with Crippen LogP contribution in [0.1, 0.15) is 17.5 Å². The minimum absolute atomic E-state index is 0.171. The number of aryl methyl sites for hydroxylation is 2. The van der Waals surface area contributed by atoms with Crippen molar-refractivity contribution in [3.05, 3.63) is 47.0 Å². The van der Waals surface area contributed by atoms with Crippen molar-refractivity contribution in [3.63, 3.8) is 0 Å². The fourth-order valence-electron chi connectivity index (χ4n) is 2.47. The molecular weight excluding hydrogens is 394 g/mol. The van der Waals surface area contributed by atoms with Crippen LogP contribution in [0.3, 0.4) is 0 Å². The molecule has 4 aromatic rings. The minimum atomic E-state index is -0.171. The largest absolute Gasteiger partial charge is 0.300 e. The molecule has 0 fully saturated rings. The number of aromatic nitrogens is 6. The number of nitrogens with zero attached hydrogens (tertiary/aromatic N) is 6. The molecule has 142 valence electrons. The first kappa shape index (κ1) is 18.5. The van der Waals surface area contributed by atoms with Crippen LogP contribution in [-0.2, 0) is 11.2 Å². The van der Waals surface area contributed by atoms with Crippen molar-refractivity contribution < 1.29 is 4.79 Å². The van der Waals surface area contributed by atoms with Gasteiger partial charge in [-0.1, -0.05) is 59.9 Å². The van der Waals surface area contributed by atoms with Gasteiger partial charge in [-0.2, -0.15) is 9.61 Å². The number of amides is 1. The van der Waals surface area contributed by atoms with E-state index < -0.39 is 0 Å². The van der Waals surface area contributed by atoms with Gasteiger partial charge in [0.1, 0.15) is 5.01 Å². The van der Waals surface area contributed by atoms with E-state index in [1.165, 1.54) is 28.7 Å². The van der Waals surface area contributed by atoms with Gasteiger partial charge in [0.15, 0.2) is 5.65 Å². The van der Waals surface area contributed by atoms with Gasteiger partial charge in [-0.25, -0.2) is 0 Å². The molecule has 1 aromatic carbocycles. The maximum absolute atomic E-state index is 12.2. The molecule has 0 bridgehead atoms. The maximum atomic E-state index is 12.2. The standard InChI is InChI=1S/C18H17N7OS2/c1-3-16-21-22-17(28-16)19-15(26)10-27-18-23-20-14-9-8-13(24-25(14)18)12-6-4-11(2)5-7-12/h4-9H,3,10H2,1-2H3,(H,19,22,26). The molecule has 0 radical (unpaired) electrons. The summed E-state index contributed by atoms with van der Waals surface area (Å²) in [4.78, 5) is 12.2. The SMILES string of the molecule is CCc1nnc(NC(=O)CSc2nnc3ccc(-c4ccc(C)cc4)nn23)s1. The third kappa shape index (κ3) is 4.02. The fraction of sp³-hybridized carbons (Fsp3) is 0.222. The van der Waals surface area contributed by atoms with Crippen LogP contribution in [0.25, 0.3) is 16.9 Å². The first-order valence-electron chi connectivity index (χ1n) is 8.67. The second-order valence-electron chi connectivity index (χ2n) is 6.03. The number of hydrogen-bond acceptors (Lipinski definition) is 8. The second-order valence-corrected chi connectivity index (χ2v) is 8.03. The van der Waals surface area contributed by atoms with E-state index in [0.717, 1.165) is 22.7 Å². The van der Waals surface area contributed by atoms with Gasteiger partial charge in [0.05, 0.1) is 11.4 Å². The third-order valence-electron chi connectivity index (χ3n) is 3.93. The van der Waals surface area contributed by atoms with Crippen molar-refractivity contribution >= 4 is 39.8 Å². The van der Waals surface area contributed by atoms with Gasteiger partial charge in [-0.05, 0) is 25.5 Å². The van der Waals surface area contributed by atoms with E-state index in [9.17, 15) is 4.79 Å². The molecule has 10 heteroatoms. The molecule has 8 nitrogen and oxygen atoms in total. The monoisotopic (exact) mass is 411 g/mol. The van der Waals surface area contributed by atoms with Crippen molar-refractivity contribution in [2.45, 2.75) is 25.4 Å². The Hall–Kier alpha value is -2.85. The maximum Gasteiger partial charge on any atom is 0.236 e. The topological polar surface area (TPSA) is 98.0 Å². The Labute approximate surface area is 169 Å². The highest BCUT2D eigenvalue weighted by molar-refractivity contribution is 7.99. The zero-order chi connectivity index (χ0) is 19.5. The molecule has 0 saturated heterocycles. The van der Waals surface area contributed by atoms with E-state index in [1.54, 1.807) is 4.52 Å².